The molecule has 0 saturated carbocycles. The Hall–Kier alpha value is -2.58. The number of carbonyl (C=O) groups excluding carboxylic acids is 1. The highest BCUT2D eigenvalue weighted by Crippen LogP contribution is 2.41. The van der Waals surface area contributed by atoms with E-state index in [-0.39, 0.29) is 59.9 Å². The molecule has 3 saturated heterocycles. The van der Waals surface area contributed by atoms with Crippen molar-refractivity contribution in [3.8, 4) is 6.01 Å². The Bertz CT molecular complexity index is 1510. The minimum atomic E-state index is -3.56. The van der Waals surface area contributed by atoms with Gasteiger partial charge in [0.15, 0.2) is 11.0 Å². The van der Waals surface area contributed by atoms with Crippen LogP contribution in [-0.4, -0.2) is 113 Å². The summed E-state index contributed by atoms with van der Waals surface area (Å²) >= 11 is 6.02. The number of piperazine rings is 1. The van der Waals surface area contributed by atoms with Crippen LogP contribution in [0.4, 0.5) is 19.4 Å². The van der Waals surface area contributed by atoms with Crippen LogP contribution in [0.3, 0.4) is 0 Å². The largest absolute Gasteiger partial charge is 0.461 e. The van der Waals surface area contributed by atoms with Crippen LogP contribution in [-0.2, 0) is 14.6 Å². The number of rotatable bonds is 7. The molecule has 0 bridgehead atoms. The Kier molecular flexibility index (Phi) is 8.44. The van der Waals surface area contributed by atoms with Crippen LogP contribution in [0.1, 0.15) is 53.4 Å². The summed E-state index contributed by atoms with van der Waals surface area (Å²) < 4.78 is 66.8. The van der Waals surface area contributed by atoms with Crippen LogP contribution in [0.15, 0.2) is 6.20 Å². The standard InChI is InChI=1S/C28H39ClF2N6O5S/c1-6-27(17-43(5,39)40)15-35(10-11-37(27)25(38)42-26(2,3)4)23-19-13-32-22(29)20(31)21(19)33-24(34-23)41-16-28-8-7-9-36(28)14-18(30)12-28/h13,18H,6-12,14-17H2,1-5H3/t18-,27-,28+/m1/s1. The van der Waals surface area contributed by atoms with Crippen LogP contribution < -0.4 is 9.64 Å². The van der Waals surface area contributed by atoms with E-state index in [1.165, 1.54) is 11.1 Å². The average molecular weight is 645 g/mol. The molecule has 0 aromatic carbocycles. The van der Waals surface area contributed by atoms with Gasteiger partial charge in [-0.25, -0.2) is 27.0 Å². The highest BCUT2D eigenvalue weighted by atomic mass is 35.5. The number of anilines is 1. The molecule has 3 atom stereocenters. The second kappa shape index (κ2) is 11.4. The third-order valence-electron chi connectivity index (χ3n) is 8.59. The fourth-order valence-corrected chi connectivity index (χ4v) is 8.29. The van der Waals surface area contributed by atoms with Crippen molar-refractivity contribution in [1.82, 2.24) is 24.8 Å². The first-order chi connectivity index (χ1) is 20.0. The number of fused-ring (bicyclic) bond motifs is 2. The number of nitrogens with zero attached hydrogens (tertiary/aromatic N) is 6. The van der Waals surface area contributed by atoms with E-state index in [1.54, 1.807) is 25.7 Å². The maximum atomic E-state index is 15.3. The lowest BCUT2D eigenvalue weighted by Crippen LogP contribution is -2.67. The Labute approximate surface area is 255 Å². The normalized spacial score (nSPS) is 26.7. The SMILES string of the molecule is CC[C@]1(CS(C)(=O)=O)CN(c2nc(OC[C@@]34CCCN3C[C@H](F)C4)nc3c(F)c(Cl)ncc23)CCN1C(=O)OC(C)(C)C. The summed E-state index contributed by atoms with van der Waals surface area (Å²) in [7, 11) is -3.56. The number of sulfone groups is 1. The Morgan fingerprint density at radius 2 is 1.98 bits per heavy atom. The van der Waals surface area contributed by atoms with Gasteiger partial charge in [-0.3, -0.25) is 9.80 Å². The molecule has 2 aromatic rings. The summed E-state index contributed by atoms with van der Waals surface area (Å²) in [5, 5.41) is -0.107. The average Bonchev–Trinajstić information content (AvgIpc) is 3.43. The maximum Gasteiger partial charge on any atom is 0.410 e. The fraction of sp³-hybridized carbons (Fsp3) is 0.714. The van der Waals surface area contributed by atoms with Gasteiger partial charge < -0.3 is 14.4 Å². The molecule has 0 unspecified atom stereocenters. The van der Waals surface area contributed by atoms with Crippen molar-refractivity contribution < 1.29 is 31.5 Å². The van der Waals surface area contributed by atoms with Gasteiger partial charge in [0.2, 0.25) is 0 Å². The lowest BCUT2D eigenvalue weighted by atomic mass is 9.92. The predicted octanol–water partition coefficient (Wildman–Crippen LogP) is 4.02. The number of hydrogen-bond donors (Lipinski definition) is 0. The molecule has 11 nitrogen and oxygen atoms in total. The molecule has 15 heteroatoms. The summed E-state index contributed by atoms with van der Waals surface area (Å²) in [6.07, 6.45) is 3.27. The highest BCUT2D eigenvalue weighted by molar-refractivity contribution is 7.90. The number of alkyl halides is 1. The van der Waals surface area contributed by atoms with Gasteiger partial charge in [-0.2, -0.15) is 9.97 Å². The molecule has 3 aliphatic rings. The van der Waals surface area contributed by atoms with Gasteiger partial charge in [0.1, 0.15) is 39.6 Å². The van der Waals surface area contributed by atoms with Crippen molar-refractivity contribution in [2.24, 2.45) is 0 Å². The summed E-state index contributed by atoms with van der Waals surface area (Å²) in [6.45, 7) is 8.75. The summed E-state index contributed by atoms with van der Waals surface area (Å²) in [5.41, 5.74) is -2.53. The number of halogens is 3. The minimum Gasteiger partial charge on any atom is -0.461 e. The second-order valence-electron chi connectivity index (χ2n) is 13.0. The number of pyridine rings is 1. The lowest BCUT2D eigenvalue weighted by molar-refractivity contribution is -0.00360. The number of hydrogen-bond acceptors (Lipinski definition) is 10. The molecule has 238 valence electrons. The lowest BCUT2D eigenvalue weighted by Gasteiger charge is -2.50. The smallest absolute Gasteiger partial charge is 0.410 e. The fourth-order valence-electron chi connectivity index (χ4n) is 6.73. The van der Waals surface area contributed by atoms with Crippen LogP contribution in [0.5, 0.6) is 6.01 Å². The number of aromatic nitrogens is 3. The molecular formula is C28H39ClF2N6O5S. The molecular weight excluding hydrogens is 606 g/mol. The Balaban J connectivity index is 1.53. The van der Waals surface area contributed by atoms with Crippen molar-refractivity contribution in [2.45, 2.75) is 76.2 Å². The topological polar surface area (TPSA) is 118 Å². The second-order valence-corrected chi connectivity index (χ2v) is 15.5. The molecule has 1 amide bonds. The highest BCUT2D eigenvalue weighted by Gasteiger charge is 2.50. The van der Waals surface area contributed by atoms with Gasteiger partial charge in [-0.1, -0.05) is 18.5 Å². The zero-order valence-electron chi connectivity index (χ0n) is 25.2. The Morgan fingerprint density at radius 3 is 2.65 bits per heavy atom. The zero-order valence-corrected chi connectivity index (χ0v) is 26.8. The zero-order chi connectivity index (χ0) is 31.4. The first-order valence-corrected chi connectivity index (χ1v) is 17.0. The molecule has 0 radical (unpaired) electrons. The molecule has 5 heterocycles. The molecule has 0 aliphatic carbocycles. The molecule has 0 spiro atoms. The number of ether oxygens (including phenoxy) is 2. The monoisotopic (exact) mass is 644 g/mol. The maximum absolute atomic E-state index is 15.3. The van der Waals surface area contributed by atoms with Gasteiger partial charge >= 0.3 is 12.1 Å². The summed E-state index contributed by atoms with van der Waals surface area (Å²) in [5.74, 6) is -0.892. The van der Waals surface area contributed by atoms with Crippen molar-refractivity contribution >= 4 is 44.3 Å². The van der Waals surface area contributed by atoms with Gasteiger partial charge in [-0.05, 0) is 46.6 Å². The first-order valence-electron chi connectivity index (χ1n) is 14.5. The van der Waals surface area contributed by atoms with E-state index < -0.39 is 44.6 Å². The van der Waals surface area contributed by atoms with Gasteiger partial charge in [-0.15, -0.1) is 0 Å². The molecule has 3 aliphatic heterocycles. The Morgan fingerprint density at radius 1 is 1.23 bits per heavy atom. The van der Waals surface area contributed by atoms with Crippen molar-refractivity contribution in [3.63, 3.8) is 0 Å². The summed E-state index contributed by atoms with van der Waals surface area (Å²) in [4.78, 5) is 31.7. The van der Waals surface area contributed by atoms with Crippen molar-refractivity contribution in [2.75, 3.05) is 56.2 Å². The third-order valence-corrected chi connectivity index (χ3v) is 9.91. The minimum absolute atomic E-state index is 0.0624. The van der Waals surface area contributed by atoms with Crippen LogP contribution in [0.2, 0.25) is 5.15 Å². The third kappa shape index (κ3) is 6.46. The number of carbonyl (C=O) groups is 1. The molecule has 3 fully saturated rings. The molecule has 5 rings (SSSR count). The van der Waals surface area contributed by atoms with E-state index in [0.29, 0.717) is 19.4 Å². The van der Waals surface area contributed by atoms with Crippen molar-refractivity contribution in [3.05, 3.63) is 17.2 Å². The molecule has 2 aromatic heterocycles. The van der Waals surface area contributed by atoms with E-state index in [4.69, 9.17) is 21.1 Å². The van der Waals surface area contributed by atoms with Gasteiger partial charge in [0.05, 0.1) is 22.2 Å². The van der Waals surface area contributed by atoms with E-state index >= 15 is 4.39 Å². The molecule has 43 heavy (non-hydrogen) atoms. The van der Waals surface area contributed by atoms with Gasteiger partial charge in [0.25, 0.3) is 0 Å². The summed E-state index contributed by atoms with van der Waals surface area (Å²) in [6, 6.07) is -0.105. The number of amides is 1. The van der Waals surface area contributed by atoms with E-state index in [1.807, 2.05) is 6.92 Å². The van der Waals surface area contributed by atoms with E-state index in [9.17, 15) is 17.6 Å². The molecule has 0 N–H and O–H groups in total. The van der Waals surface area contributed by atoms with Crippen molar-refractivity contribution in [1.29, 1.82) is 0 Å². The van der Waals surface area contributed by atoms with Crippen LogP contribution in [0, 0.1) is 5.82 Å². The van der Waals surface area contributed by atoms with E-state index in [2.05, 4.69) is 19.9 Å². The van der Waals surface area contributed by atoms with E-state index in [0.717, 1.165) is 25.6 Å². The first kappa shape index (κ1) is 31.8. The quantitative estimate of drug-likeness (QED) is 0.409. The van der Waals surface area contributed by atoms with Crippen LogP contribution >= 0.6 is 11.6 Å². The predicted molar refractivity (Wildman–Crippen MR) is 159 cm³/mol. The van der Waals surface area contributed by atoms with Crippen LogP contribution in [0.25, 0.3) is 10.9 Å². The van der Waals surface area contributed by atoms with Gasteiger partial charge in [0, 0.05) is 45.1 Å².